The average molecular weight is 402 g/mol. The molecule has 1 heterocycles. The van der Waals surface area contributed by atoms with Gasteiger partial charge in [0.25, 0.3) is 0 Å². The molecule has 0 unspecified atom stereocenters. The predicted molar refractivity (Wildman–Crippen MR) is 109 cm³/mol. The summed E-state index contributed by atoms with van der Waals surface area (Å²) >= 11 is 0. The van der Waals surface area contributed by atoms with Crippen LogP contribution in [0.3, 0.4) is 0 Å². The number of β-amino-alcohol motifs (C(OH)–C–C–N with tert-alkyl or cyclic N) is 1. The number of carbonyl (C=O) groups is 1. The van der Waals surface area contributed by atoms with Crippen LogP contribution in [-0.4, -0.2) is 54.4 Å². The fourth-order valence-electron chi connectivity index (χ4n) is 3.58. The Morgan fingerprint density at radius 3 is 2.83 bits per heavy atom. The number of halogens is 1. The van der Waals surface area contributed by atoms with E-state index in [1.54, 1.807) is 26.2 Å². The highest BCUT2D eigenvalue weighted by atomic mass is 19.1. The average Bonchev–Trinajstić information content (AvgIpc) is 2.64. The second kappa shape index (κ2) is 8.80. The molecule has 0 radical (unpaired) electrons. The highest BCUT2D eigenvalue weighted by molar-refractivity contribution is 5.93. The Labute approximate surface area is 170 Å². The van der Waals surface area contributed by atoms with Crippen LogP contribution in [0, 0.1) is 12.7 Å². The molecule has 0 aromatic heterocycles. The molecule has 1 amide bonds. The van der Waals surface area contributed by atoms with Gasteiger partial charge in [-0.25, -0.2) is 4.39 Å². The van der Waals surface area contributed by atoms with Crippen molar-refractivity contribution < 1.29 is 23.8 Å². The van der Waals surface area contributed by atoms with Crippen molar-refractivity contribution >= 4 is 11.6 Å². The van der Waals surface area contributed by atoms with Gasteiger partial charge in [-0.3, -0.25) is 9.69 Å². The number of carbonyl (C=O) groups excluding carboxylic acids is 1. The summed E-state index contributed by atoms with van der Waals surface area (Å²) in [6.07, 6.45) is 0.0327. The number of rotatable bonds is 6. The van der Waals surface area contributed by atoms with E-state index in [1.165, 1.54) is 12.1 Å². The first kappa shape index (κ1) is 21.1. The van der Waals surface area contributed by atoms with Crippen LogP contribution in [0.1, 0.15) is 18.9 Å². The van der Waals surface area contributed by atoms with Gasteiger partial charge in [-0.1, -0.05) is 12.1 Å². The first-order valence-electron chi connectivity index (χ1n) is 9.58. The SMILES string of the molecule is COc1ccc(C)cc1NC(=O)CN1CC[C@H](Oc2cccc(F)c2)[C@@](C)(O)C1. The van der Waals surface area contributed by atoms with Crippen molar-refractivity contribution in [3.63, 3.8) is 0 Å². The van der Waals surface area contributed by atoms with Crippen LogP contribution in [0.25, 0.3) is 0 Å². The van der Waals surface area contributed by atoms with E-state index in [9.17, 15) is 14.3 Å². The van der Waals surface area contributed by atoms with Crippen LogP contribution >= 0.6 is 0 Å². The van der Waals surface area contributed by atoms with E-state index in [-0.39, 0.29) is 24.8 Å². The number of methoxy groups -OCH3 is 1. The minimum Gasteiger partial charge on any atom is -0.495 e. The number of piperidine rings is 1. The Balaban J connectivity index is 1.58. The lowest BCUT2D eigenvalue weighted by Crippen LogP contribution is -2.58. The molecule has 0 spiro atoms. The van der Waals surface area contributed by atoms with Gasteiger partial charge in [-0.2, -0.15) is 0 Å². The van der Waals surface area contributed by atoms with Crippen molar-refractivity contribution in [2.45, 2.75) is 32.0 Å². The zero-order valence-electron chi connectivity index (χ0n) is 16.9. The number of ether oxygens (including phenoxy) is 2. The number of hydrogen-bond acceptors (Lipinski definition) is 5. The van der Waals surface area contributed by atoms with Crippen LogP contribution in [0.4, 0.5) is 10.1 Å². The predicted octanol–water partition coefficient (Wildman–Crippen LogP) is 2.99. The fourth-order valence-corrected chi connectivity index (χ4v) is 3.58. The quantitative estimate of drug-likeness (QED) is 0.777. The van der Waals surface area contributed by atoms with Gasteiger partial charge in [0.1, 0.15) is 29.0 Å². The van der Waals surface area contributed by atoms with E-state index in [0.29, 0.717) is 30.2 Å². The third-order valence-electron chi connectivity index (χ3n) is 5.02. The summed E-state index contributed by atoms with van der Waals surface area (Å²) in [7, 11) is 1.56. The van der Waals surface area contributed by atoms with Gasteiger partial charge in [-0.15, -0.1) is 0 Å². The molecule has 0 aliphatic carbocycles. The minimum atomic E-state index is -1.17. The molecule has 6 nitrogen and oxygen atoms in total. The van der Waals surface area contributed by atoms with Crippen molar-refractivity contribution in [1.82, 2.24) is 4.90 Å². The molecule has 1 saturated heterocycles. The Bertz CT molecular complexity index is 872. The third-order valence-corrected chi connectivity index (χ3v) is 5.02. The largest absolute Gasteiger partial charge is 0.495 e. The maximum Gasteiger partial charge on any atom is 0.238 e. The van der Waals surface area contributed by atoms with E-state index in [4.69, 9.17) is 9.47 Å². The smallest absolute Gasteiger partial charge is 0.238 e. The van der Waals surface area contributed by atoms with Gasteiger partial charge in [-0.05, 0) is 50.1 Å². The van der Waals surface area contributed by atoms with E-state index in [0.717, 1.165) is 5.56 Å². The number of hydrogen-bond donors (Lipinski definition) is 2. The summed E-state index contributed by atoms with van der Waals surface area (Å²) in [4.78, 5) is 14.4. The van der Waals surface area contributed by atoms with Crippen molar-refractivity contribution in [2.75, 3.05) is 32.1 Å². The fraction of sp³-hybridized carbons (Fsp3) is 0.409. The van der Waals surface area contributed by atoms with Crippen LogP contribution in [0.15, 0.2) is 42.5 Å². The van der Waals surface area contributed by atoms with Crippen molar-refractivity contribution in [3.8, 4) is 11.5 Å². The molecule has 2 aromatic carbocycles. The Morgan fingerprint density at radius 1 is 1.34 bits per heavy atom. The standard InChI is InChI=1S/C22H27FN2O4/c1-15-7-8-19(28-3)18(11-15)24-21(26)13-25-10-9-20(22(2,27)14-25)29-17-6-4-5-16(23)12-17/h4-8,11-12,20,27H,9-10,13-14H2,1-3H3,(H,24,26)/t20-,22-/m0/s1. The maximum absolute atomic E-state index is 13.4. The lowest BCUT2D eigenvalue weighted by molar-refractivity contribution is -0.123. The van der Waals surface area contributed by atoms with E-state index >= 15 is 0 Å². The topological polar surface area (TPSA) is 71.0 Å². The van der Waals surface area contributed by atoms with Gasteiger partial charge in [0, 0.05) is 19.2 Å². The van der Waals surface area contributed by atoms with Crippen molar-refractivity contribution in [1.29, 1.82) is 0 Å². The van der Waals surface area contributed by atoms with Gasteiger partial charge in [0.2, 0.25) is 5.91 Å². The molecule has 0 bridgehead atoms. The summed E-state index contributed by atoms with van der Waals surface area (Å²) in [5.41, 5.74) is 0.458. The highest BCUT2D eigenvalue weighted by Gasteiger charge is 2.40. The third kappa shape index (κ3) is 5.46. The second-order valence-electron chi connectivity index (χ2n) is 7.67. The zero-order valence-corrected chi connectivity index (χ0v) is 16.9. The second-order valence-corrected chi connectivity index (χ2v) is 7.67. The molecular weight excluding hydrogens is 375 g/mol. The molecule has 7 heteroatoms. The number of nitrogens with zero attached hydrogens (tertiary/aromatic N) is 1. The minimum absolute atomic E-state index is 0.139. The van der Waals surface area contributed by atoms with Gasteiger partial charge < -0.3 is 19.9 Å². The normalized spacial score (nSPS) is 22.2. The molecule has 2 atom stereocenters. The first-order valence-corrected chi connectivity index (χ1v) is 9.58. The molecule has 0 saturated carbocycles. The molecule has 1 fully saturated rings. The Kier molecular flexibility index (Phi) is 6.39. The molecular formula is C22H27FN2O4. The van der Waals surface area contributed by atoms with Crippen molar-refractivity contribution in [3.05, 3.63) is 53.8 Å². The molecule has 2 aromatic rings. The number of nitrogens with one attached hydrogen (secondary N) is 1. The Morgan fingerprint density at radius 2 is 2.14 bits per heavy atom. The van der Waals surface area contributed by atoms with Crippen LogP contribution in [0.2, 0.25) is 0 Å². The molecule has 156 valence electrons. The molecule has 29 heavy (non-hydrogen) atoms. The number of benzene rings is 2. The zero-order chi connectivity index (χ0) is 21.0. The monoisotopic (exact) mass is 402 g/mol. The maximum atomic E-state index is 13.4. The number of aliphatic hydroxyl groups is 1. The molecule has 2 N–H and O–H groups in total. The summed E-state index contributed by atoms with van der Waals surface area (Å²) < 4.78 is 24.5. The lowest BCUT2D eigenvalue weighted by atomic mass is 9.91. The summed E-state index contributed by atoms with van der Waals surface area (Å²) in [6.45, 7) is 4.60. The van der Waals surface area contributed by atoms with E-state index in [1.807, 2.05) is 30.0 Å². The number of amides is 1. The number of anilines is 1. The first-order chi connectivity index (χ1) is 13.8. The van der Waals surface area contributed by atoms with Crippen LogP contribution in [0.5, 0.6) is 11.5 Å². The summed E-state index contributed by atoms with van der Waals surface area (Å²) in [5, 5.41) is 13.7. The van der Waals surface area contributed by atoms with Gasteiger partial charge in [0.05, 0.1) is 19.3 Å². The van der Waals surface area contributed by atoms with Gasteiger partial charge in [0.15, 0.2) is 0 Å². The van der Waals surface area contributed by atoms with Crippen LogP contribution < -0.4 is 14.8 Å². The summed E-state index contributed by atoms with van der Waals surface area (Å²) in [5.74, 6) is 0.406. The summed E-state index contributed by atoms with van der Waals surface area (Å²) in [6, 6.07) is 11.4. The molecule has 3 rings (SSSR count). The van der Waals surface area contributed by atoms with Crippen LogP contribution in [-0.2, 0) is 4.79 Å². The van der Waals surface area contributed by atoms with E-state index < -0.39 is 11.7 Å². The van der Waals surface area contributed by atoms with Gasteiger partial charge >= 0.3 is 0 Å². The number of likely N-dealkylation sites (tertiary alicyclic amines) is 1. The van der Waals surface area contributed by atoms with Crippen molar-refractivity contribution in [2.24, 2.45) is 0 Å². The Hall–Kier alpha value is -2.64. The van der Waals surface area contributed by atoms with E-state index in [2.05, 4.69) is 5.32 Å². The molecule has 1 aliphatic rings. The number of aryl methyl sites for hydroxylation is 1. The lowest BCUT2D eigenvalue weighted by Gasteiger charge is -2.42. The molecule has 1 aliphatic heterocycles. The highest BCUT2D eigenvalue weighted by Crippen LogP contribution is 2.28.